The minimum Gasteiger partial charge on any atom is -0.495 e. The molecule has 2 N–H and O–H groups in total. The number of sulfonamides is 1. The average molecular weight is 300 g/mol. The standard InChI is InChI=1S/C14H24N2O3S/c1-6-15-12(4)9-16-20(17,18)13-8-10(2)7-11(3)14(13)19-5/h7-8,12,15-16H,6,9H2,1-5H3/t12-/m1/s1. The van der Waals surface area contributed by atoms with Gasteiger partial charge in [0.1, 0.15) is 10.6 Å². The molecular formula is C14H24N2O3S. The van der Waals surface area contributed by atoms with Gasteiger partial charge in [-0.25, -0.2) is 13.1 Å². The number of aryl methyl sites for hydroxylation is 2. The van der Waals surface area contributed by atoms with Crippen LogP contribution in [0, 0.1) is 13.8 Å². The molecule has 0 unspecified atom stereocenters. The Balaban J connectivity index is 3.03. The van der Waals surface area contributed by atoms with Crippen LogP contribution in [-0.2, 0) is 10.0 Å². The SMILES string of the molecule is CCN[C@H](C)CNS(=O)(=O)c1cc(C)cc(C)c1OC. The van der Waals surface area contributed by atoms with E-state index in [-0.39, 0.29) is 10.9 Å². The van der Waals surface area contributed by atoms with Gasteiger partial charge in [0.05, 0.1) is 7.11 Å². The van der Waals surface area contributed by atoms with Crippen molar-refractivity contribution in [3.8, 4) is 5.75 Å². The highest BCUT2D eigenvalue weighted by Gasteiger charge is 2.21. The van der Waals surface area contributed by atoms with Crippen LogP contribution >= 0.6 is 0 Å². The van der Waals surface area contributed by atoms with Gasteiger partial charge >= 0.3 is 0 Å². The van der Waals surface area contributed by atoms with Crippen LogP contribution in [0.25, 0.3) is 0 Å². The summed E-state index contributed by atoms with van der Waals surface area (Å²) in [5.41, 5.74) is 1.70. The van der Waals surface area contributed by atoms with Crippen LogP contribution in [0.15, 0.2) is 17.0 Å². The zero-order chi connectivity index (χ0) is 15.3. The number of rotatable bonds is 7. The Morgan fingerprint density at radius 3 is 2.50 bits per heavy atom. The van der Waals surface area contributed by atoms with E-state index in [0.717, 1.165) is 17.7 Å². The van der Waals surface area contributed by atoms with Crippen LogP contribution in [0.5, 0.6) is 5.75 Å². The lowest BCUT2D eigenvalue weighted by Crippen LogP contribution is -2.38. The van der Waals surface area contributed by atoms with E-state index in [1.807, 2.05) is 33.8 Å². The minimum absolute atomic E-state index is 0.0756. The molecule has 1 aromatic rings. The Kier molecular flexibility index (Phi) is 5.98. The van der Waals surface area contributed by atoms with Gasteiger partial charge in [-0.15, -0.1) is 0 Å². The van der Waals surface area contributed by atoms with Crippen molar-refractivity contribution in [1.82, 2.24) is 10.0 Å². The zero-order valence-corrected chi connectivity index (χ0v) is 13.6. The van der Waals surface area contributed by atoms with Gasteiger partial charge in [0.15, 0.2) is 0 Å². The third kappa shape index (κ3) is 4.19. The van der Waals surface area contributed by atoms with Crippen LogP contribution in [0.3, 0.4) is 0 Å². The first-order valence-corrected chi connectivity index (χ1v) is 8.18. The average Bonchev–Trinajstić information content (AvgIpc) is 2.36. The number of ether oxygens (including phenoxy) is 1. The summed E-state index contributed by atoms with van der Waals surface area (Å²) in [5.74, 6) is 0.402. The van der Waals surface area contributed by atoms with E-state index >= 15 is 0 Å². The normalized spacial score (nSPS) is 13.2. The predicted octanol–water partition coefficient (Wildman–Crippen LogP) is 1.59. The Bertz CT molecular complexity index is 556. The summed E-state index contributed by atoms with van der Waals surface area (Å²) in [6, 6.07) is 3.61. The van der Waals surface area contributed by atoms with Crippen molar-refractivity contribution in [3.05, 3.63) is 23.3 Å². The molecule has 0 amide bonds. The first-order chi connectivity index (χ1) is 9.31. The molecule has 1 rings (SSSR count). The Hall–Kier alpha value is -1.11. The van der Waals surface area contributed by atoms with Crippen molar-refractivity contribution >= 4 is 10.0 Å². The summed E-state index contributed by atoms with van der Waals surface area (Å²) in [4.78, 5) is 0.196. The summed E-state index contributed by atoms with van der Waals surface area (Å²) in [5, 5.41) is 3.16. The molecule has 1 atom stereocenters. The van der Waals surface area contributed by atoms with E-state index in [4.69, 9.17) is 4.74 Å². The maximum absolute atomic E-state index is 12.4. The van der Waals surface area contributed by atoms with Gasteiger partial charge in [0, 0.05) is 12.6 Å². The molecule has 0 bridgehead atoms. The van der Waals surface area contributed by atoms with Crippen LogP contribution in [0.1, 0.15) is 25.0 Å². The molecule has 0 saturated carbocycles. The number of hydrogen-bond donors (Lipinski definition) is 2. The quantitative estimate of drug-likeness (QED) is 0.802. The van der Waals surface area contributed by atoms with E-state index in [2.05, 4.69) is 10.0 Å². The molecule has 0 aliphatic heterocycles. The van der Waals surface area contributed by atoms with Crippen LogP contribution in [-0.4, -0.2) is 34.7 Å². The Morgan fingerprint density at radius 1 is 1.30 bits per heavy atom. The number of nitrogens with one attached hydrogen (secondary N) is 2. The van der Waals surface area contributed by atoms with Crippen molar-refractivity contribution in [2.75, 3.05) is 20.2 Å². The topological polar surface area (TPSA) is 67.4 Å². The molecule has 0 radical (unpaired) electrons. The van der Waals surface area contributed by atoms with Crippen molar-refractivity contribution in [2.45, 2.75) is 38.6 Å². The van der Waals surface area contributed by atoms with E-state index < -0.39 is 10.0 Å². The molecule has 114 valence electrons. The number of methoxy groups -OCH3 is 1. The first-order valence-electron chi connectivity index (χ1n) is 6.70. The Morgan fingerprint density at radius 2 is 1.95 bits per heavy atom. The largest absolute Gasteiger partial charge is 0.495 e. The van der Waals surface area contributed by atoms with E-state index in [0.29, 0.717) is 12.3 Å². The molecule has 1 aromatic carbocycles. The zero-order valence-electron chi connectivity index (χ0n) is 12.8. The number of likely N-dealkylation sites (N-methyl/N-ethyl adjacent to an activating group) is 1. The van der Waals surface area contributed by atoms with Gasteiger partial charge in [-0.2, -0.15) is 0 Å². The summed E-state index contributed by atoms with van der Waals surface area (Å²) in [6.07, 6.45) is 0. The van der Waals surface area contributed by atoms with E-state index in [1.54, 1.807) is 6.07 Å². The maximum Gasteiger partial charge on any atom is 0.244 e. The second-order valence-electron chi connectivity index (χ2n) is 4.92. The maximum atomic E-state index is 12.4. The lowest BCUT2D eigenvalue weighted by molar-refractivity contribution is 0.398. The van der Waals surface area contributed by atoms with Crippen molar-refractivity contribution in [2.24, 2.45) is 0 Å². The molecule has 0 aromatic heterocycles. The number of benzene rings is 1. The lowest BCUT2D eigenvalue weighted by atomic mass is 10.1. The fraction of sp³-hybridized carbons (Fsp3) is 0.571. The van der Waals surface area contributed by atoms with Gasteiger partial charge in [-0.3, -0.25) is 0 Å². The second kappa shape index (κ2) is 7.06. The van der Waals surface area contributed by atoms with Gasteiger partial charge in [0.25, 0.3) is 0 Å². The van der Waals surface area contributed by atoms with Crippen LogP contribution in [0.4, 0.5) is 0 Å². The van der Waals surface area contributed by atoms with Gasteiger partial charge in [0.2, 0.25) is 10.0 Å². The minimum atomic E-state index is -3.58. The first kappa shape index (κ1) is 16.9. The van der Waals surface area contributed by atoms with Gasteiger partial charge < -0.3 is 10.1 Å². The predicted molar refractivity (Wildman–Crippen MR) is 80.8 cm³/mol. The van der Waals surface area contributed by atoms with E-state index in [9.17, 15) is 8.42 Å². The third-order valence-electron chi connectivity index (χ3n) is 3.01. The van der Waals surface area contributed by atoms with Crippen molar-refractivity contribution < 1.29 is 13.2 Å². The molecule has 0 spiro atoms. The highest BCUT2D eigenvalue weighted by molar-refractivity contribution is 7.89. The fourth-order valence-corrected chi connectivity index (χ4v) is 3.56. The van der Waals surface area contributed by atoms with Crippen molar-refractivity contribution in [3.63, 3.8) is 0 Å². The highest BCUT2D eigenvalue weighted by atomic mass is 32.2. The molecule has 6 heteroatoms. The number of hydrogen-bond acceptors (Lipinski definition) is 4. The van der Waals surface area contributed by atoms with E-state index in [1.165, 1.54) is 7.11 Å². The Labute approximate surface area is 121 Å². The van der Waals surface area contributed by atoms with Crippen molar-refractivity contribution in [1.29, 1.82) is 0 Å². The summed E-state index contributed by atoms with van der Waals surface area (Å²) in [6.45, 7) is 8.77. The summed E-state index contributed by atoms with van der Waals surface area (Å²) in [7, 11) is -2.09. The second-order valence-corrected chi connectivity index (χ2v) is 6.66. The monoisotopic (exact) mass is 300 g/mol. The summed E-state index contributed by atoms with van der Waals surface area (Å²) < 4.78 is 32.7. The highest BCUT2D eigenvalue weighted by Crippen LogP contribution is 2.28. The third-order valence-corrected chi connectivity index (χ3v) is 4.44. The van der Waals surface area contributed by atoms with Crippen LogP contribution < -0.4 is 14.8 Å². The molecule has 0 fully saturated rings. The summed E-state index contributed by atoms with van der Waals surface area (Å²) >= 11 is 0. The molecular weight excluding hydrogens is 276 g/mol. The molecule has 0 aliphatic carbocycles. The van der Waals surface area contributed by atoms with Gasteiger partial charge in [-0.1, -0.05) is 13.0 Å². The smallest absolute Gasteiger partial charge is 0.244 e. The molecule has 0 saturated heterocycles. The molecule has 5 nitrogen and oxygen atoms in total. The lowest BCUT2D eigenvalue weighted by Gasteiger charge is -2.16. The molecule has 0 heterocycles. The fourth-order valence-electron chi connectivity index (χ4n) is 2.11. The molecule has 0 aliphatic rings. The van der Waals surface area contributed by atoms with Crippen LogP contribution in [0.2, 0.25) is 0 Å². The molecule has 20 heavy (non-hydrogen) atoms. The van der Waals surface area contributed by atoms with Gasteiger partial charge in [-0.05, 0) is 44.5 Å².